The number of nitrogens with two attached hydrogens (primary N) is 1. The number of hydrogen-bond donors (Lipinski definition) is 1. The maximum atomic E-state index is 6.09. The van der Waals surface area contributed by atoms with Crippen LogP contribution in [0.1, 0.15) is 26.3 Å². The van der Waals surface area contributed by atoms with Crippen LogP contribution in [0.3, 0.4) is 0 Å². The fraction of sp³-hybridized carbons (Fsp3) is 0.500. The highest BCUT2D eigenvalue weighted by Gasteiger charge is 2.18. The van der Waals surface area contributed by atoms with Crippen molar-refractivity contribution in [2.24, 2.45) is 5.92 Å². The summed E-state index contributed by atoms with van der Waals surface area (Å²) in [5.74, 6) is 0.622. The van der Waals surface area contributed by atoms with E-state index in [-0.39, 0.29) is 0 Å². The van der Waals surface area contributed by atoms with Crippen molar-refractivity contribution in [1.29, 1.82) is 0 Å². The van der Waals surface area contributed by atoms with Crippen LogP contribution < -0.4 is 5.73 Å². The van der Waals surface area contributed by atoms with Gasteiger partial charge >= 0.3 is 0 Å². The van der Waals surface area contributed by atoms with Crippen molar-refractivity contribution in [1.82, 2.24) is 19.4 Å². The van der Waals surface area contributed by atoms with Gasteiger partial charge in [0.1, 0.15) is 0 Å². The zero-order valence-electron chi connectivity index (χ0n) is 13.3. The van der Waals surface area contributed by atoms with Crippen LogP contribution in [0, 0.1) is 5.92 Å². The first-order valence-electron chi connectivity index (χ1n) is 7.35. The van der Waals surface area contributed by atoms with E-state index < -0.39 is 0 Å². The van der Waals surface area contributed by atoms with E-state index in [0.29, 0.717) is 12.0 Å². The summed E-state index contributed by atoms with van der Waals surface area (Å²) in [5, 5.41) is 0. The molecule has 5 nitrogen and oxygen atoms in total. The zero-order chi connectivity index (χ0) is 15.4. The Labute approximate surface area is 126 Å². The largest absolute Gasteiger partial charge is 0.398 e. The molecule has 0 spiro atoms. The van der Waals surface area contributed by atoms with Gasteiger partial charge in [0, 0.05) is 36.2 Å². The third-order valence-corrected chi connectivity index (χ3v) is 3.51. The maximum Gasteiger partial charge on any atom is 0.0954 e. The molecule has 21 heavy (non-hydrogen) atoms. The number of hydrogen-bond acceptors (Lipinski definition) is 4. The van der Waals surface area contributed by atoms with E-state index in [0.717, 1.165) is 29.9 Å². The van der Waals surface area contributed by atoms with Gasteiger partial charge < -0.3 is 15.2 Å². The van der Waals surface area contributed by atoms with Crippen molar-refractivity contribution in [2.75, 3.05) is 26.4 Å². The Hall–Kier alpha value is -1.88. The van der Waals surface area contributed by atoms with E-state index in [4.69, 9.17) is 5.73 Å². The number of likely N-dealkylation sites (N-methyl/N-ethyl adjacent to an activating group) is 1. The molecule has 2 aromatic rings. The van der Waals surface area contributed by atoms with Crippen LogP contribution in [-0.4, -0.2) is 40.1 Å². The molecule has 0 aliphatic carbocycles. The molecule has 2 heterocycles. The van der Waals surface area contributed by atoms with E-state index in [2.05, 4.69) is 47.4 Å². The number of imidazole rings is 1. The summed E-state index contributed by atoms with van der Waals surface area (Å²) in [6.45, 7) is 5.47. The van der Waals surface area contributed by atoms with Gasteiger partial charge in [-0.05, 0) is 32.5 Å². The molecular weight excluding hydrogens is 262 g/mol. The minimum absolute atomic E-state index is 0.372. The van der Waals surface area contributed by atoms with Gasteiger partial charge in [0.2, 0.25) is 0 Å². The van der Waals surface area contributed by atoms with Crippen LogP contribution in [0.5, 0.6) is 0 Å². The Morgan fingerprint density at radius 3 is 2.62 bits per heavy atom. The lowest BCUT2D eigenvalue weighted by Gasteiger charge is -2.26. The molecule has 0 saturated heterocycles. The summed E-state index contributed by atoms with van der Waals surface area (Å²) in [7, 11) is 4.20. The summed E-state index contributed by atoms with van der Waals surface area (Å²) in [4.78, 5) is 10.7. The van der Waals surface area contributed by atoms with Crippen molar-refractivity contribution >= 4 is 5.69 Å². The van der Waals surface area contributed by atoms with Crippen LogP contribution in [0.4, 0.5) is 5.69 Å². The van der Waals surface area contributed by atoms with Crippen molar-refractivity contribution in [3.8, 4) is 11.3 Å². The normalized spacial score (nSPS) is 13.0. The fourth-order valence-corrected chi connectivity index (χ4v) is 2.67. The standard InChI is InChI=1S/C16H25N5/c1-12(2)7-13(10-20(3)4)21-11-19-9-16(21)14-8-18-6-5-15(14)17/h5-6,8-9,11-13H,7,10H2,1-4H3,(H2,17,18). The van der Waals surface area contributed by atoms with E-state index in [1.165, 1.54) is 0 Å². The van der Waals surface area contributed by atoms with Crippen molar-refractivity contribution < 1.29 is 0 Å². The van der Waals surface area contributed by atoms with E-state index in [1.54, 1.807) is 6.20 Å². The number of anilines is 1. The van der Waals surface area contributed by atoms with Crippen molar-refractivity contribution in [3.63, 3.8) is 0 Å². The number of pyridine rings is 1. The van der Waals surface area contributed by atoms with Gasteiger partial charge in [-0.1, -0.05) is 13.8 Å². The van der Waals surface area contributed by atoms with Gasteiger partial charge in [0.05, 0.1) is 18.2 Å². The average Bonchev–Trinajstić information content (AvgIpc) is 2.86. The molecule has 2 aromatic heterocycles. The van der Waals surface area contributed by atoms with E-state index in [9.17, 15) is 0 Å². The van der Waals surface area contributed by atoms with Crippen LogP contribution in [0.25, 0.3) is 11.3 Å². The predicted octanol–water partition coefficient (Wildman–Crippen LogP) is 2.68. The molecule has 0 saturated carbocycles. The van der Waals surface area contributed by atoms with Crippen molar-refractivity contribution in [3.05, 3.63) is 31.0 Å². The number of aromatic nitrogens is 3. The lowest BCUT2D eigenvalue weighted by atomic mass is 10.0. The lowest BCUT2D eigenvalue weighted by Crippen LogP contribution is -2.26. The molecule has 0 fully saturated rings. The Morgan fingerprint density at radius 1 is 1.24 bits per heavy atom. The van der Waals surface area contributed by atoms with Gasteiger partial charge in [-0.15, -0.1) is 0 Å². The maximum absolute atomic E-state index is 6.09. The molecule has 2 rings (SSSR count). The van der Waals surface area contributed by atoms with E-state index >= 15 is 0 Å². The Morgan fingerprint density at radius 2 is 2.00 bits per heavy atom. The molecule has 0 aliphatic rings. The molecule has 0 radical (unpaired) electrons. The molecule has 2 N–H and O–H groups in total. The zero-order valence-corrected chi connectivity index (χ0v) is 13.3. The predicted molar refractivity (Wildman–Crippen MR) is 86.9 cm³/mol. The van der Waals surface area contributed by atoms with Crippen LogP contribution in [-0.2, 0) is 0 Å². The summed E-state index contributed by atoms with van der Waals surface area (Å²) in [6.07, 6.45) is 8.40. The van der Waals surface area contributed by atoms with Gasteiger partial charge in [0.25, 0.3) is 0 Å². The second kappa shape index (κ2) is 6.72. The summed E-state index contributed by atoms with van der Waals surface area (Å²) < 4.78 is 2.23. The third kappa shape index (κ3) is 3.82. The topological polar surface area (TPSA) is 60.0 Å². The summed E-state index contributed by atoms with van der Waals surface area (Å²) in [5.41, 5.74) is 8.81. The second-order valence-corrected chi connectivity index (χ2v) is 6.19. The van der Waals surface area contributed by atoms with Crippen LogP contribution in [0.2, 0.25) is 0 Å². The average molecular weight is 287 g/mol. The molecular formula is C16H25N5. The Balaban J connectivity index is 2.39. The molecule has 1 atom stereocenters. The summed E-state index contributed by atoms with van der Waals surface area (Å²) >= 11 is 0. The molecule has 0 aliphatic heterocycles. The SMILES string of the molecule is CC(C)CC(CN(C)C)n1cncc1-c1cnccc1N. The molecule has 1 unspecified atom stereocenters. The first-order valence-corrected chi connectivity index (χ1v) is 7.35. The summed E-state index contributed by atoms with van der Waals surface area (Å²) in [6, 6.07) is 2.20. The van der Waals surface area contributed by atoms with E-state index in [1.807, 2.05) is 24.8 Å². The van der Waals surface area contributed by atoms with Crippen LogP contribution in [0.15, 0.2) is 31.0 Å². The molecule has 5 heteroatoms. The number of rotatable bonds is 6. The number of nitrogen functional groups attached to an aromatic ring is 1. The quantitative estimate of drug-likeness (QED) is 0.887. The van der Waals surface area contributed by atoms with Crippen molar-refractivity contribution in [2.45, 2.75) is 26.3 Å². The Bertz CT molecular complexity index is 564. The minimum atomic E-state index is 0.372. The first kappa shape index (κ1) is 15.5. The fourth-order valence-electron chi connectivity index (χ4n) is 2.67. The molecule has 0 amide bonds. The van der Waals surface area contributed by atoms with Gasteiger partial charge in [0.15, 0.2) is 0 Å². The van der Waals surface area contributed by atoms with Gasteiger partial charge in [-0.25, -0.2) is 4.98 Å². The Kier molecular flexibility index (Phi) is 4.96. The monoisotopic (exact) mass is 287 g/mol. The van der Waals surface area contributed by atoms with Gasteiger partial charge in [-0.2, -0.15) is 0 Å². The third-order valence-electron chi connectivity index (χ3n) is 3.51. The highest BCUT2D eigenvalue weighted by atomic mass is 15.1. The smallest absolute Gasteiger partial charge is 0.0954 e. The highest BCUT2D eigenvalue weighted by molar-refractivity contribution is 5.72. The minimum Gasteiger partial charge on any atom is -0.398 e. The van der Waals surface area contributed by atoms with Gasteiger partial charge in [-0.3, -0.25) is 4.98 Å². The second-order valence-electron chi connectivity index (χ2n) is 6.19. The first-order chi connectivity index (χ1) is 9.99. The molecule has 114 valence electrons. The lowest BCUT2D eigenvalue weighted by molar-refractivity contribution is 0.290. The molecule has 0 bridgehead atoms. The number of nitrogens with zero attached hydrogens (tertiary/aromatic N) is 4. The highest BCUT2D eigenvalue weighted by Crippen LogP contribution is 2.29. The van der Waals surface area contributed by atoms with Crippen LogP contribution >= 0.6 is 0 Å². The molecule has 0 aromatic carbocycles.